The molecule has 0 bridgehead atoms. The summed E-state index contributed by atoms with van der Waals surface area (Å²) in [7, 11) is 0. The third-order valence-corrected chi connectivity index (χ3v) is 3.73. The van der Waals surface area contributed by atoms with Gasteiger partial charge < -0.3 is 4.90 Å². The maximum Gasteiger partial charge on any atom is 0.0490 e. The average molecular weight is 273 g/mol. The Morgan fingerprint density at radius 3 is 1.43 bits per heavy atom. The molecular weight excluding hydrogens is 254 g/mol. The fraction of sp³-hybridized carbons (Fsp3) is 0.100. The smallest absolute Gasteiger partial charge is 0.0490 e. The fourth-order valence-corrected chi connectivity index (χ4v) is 2.61. The molecule has 104 valence electrons. The number of rotatable bonds is 3. The van der Waals surface area contributed by atoms with Crippen LogP contribution in [0.5, 0.6) is 0 Å². The van der Waals surface area contributed by atoms with E-state index in [9.17, 15) is 0 Å². The second-order valence-electron chi connectivity index (χ2n) is 5.24. The third kappa shape index (κ3) is 2.68. The summed E-state index contributed by atoms with van der Waals surface area (Å²) in [4.78, 5) is 2.32. The zero-order chi connectivity index (χ0) is 14.7. The Morgan fingerprint density at radius 1 is 0.524 bits per heavy atom. The Kier molecular flexibility index (Phi) is 3.74. The summed E-state index contributed by atoms with van der Waals surface area (Å²) in [6.45, 7) is 4.31. The lowest BCUT2D eigenvalue weighted by atomic mass is 10.1. The van der Waals surface area contributed by atoms with Crippen LogP contribution in [0, 0.1) is 13.8 Å². The number of nitrogens with zero attached hydrogens (tertiary/aromatic N) is 1. The Labute approximate surface area is 126 Å². The molecule has 21 heavy (non-hydrogen) atoms. The first-order valence-electron chi connectivity index (χ1n) is 7.24. The van der Waals surface area contributed by atoms with Gasteiger partial charge in [-0.15, -0.1) is 0 Å². The van der Waals surface area contributed by atoms with Gasteiger partial charge in [0.2, 0.25) is 0 Å². The number of anilines is 3. The molecule has 0 aliphatic rings. The standard InChI is InChI=1S/C20H19N/c1-16-10-6-8-14-19(16)21(18-12-4-3-5-13-18)20-15-9-7-11-17(20)2/h3-15H,1-2H3. The second-order valence-corrected chi connectivity index (χ2v) is 5.24. The highest BCUT2D eigenvalue weighted by Gasteiger charge is 2.15. The first kappa shape index (κ1) is 13.4. The Bertz CT molecular complexity index is 686. The predicted molar refractivity (Wildman–Crippen MR) is 90.6 cm³/mol. The van der Waals surface area contributed by atoms with Gasteiger partial charge in [0.1, 0.15) is 0 Å². The highest BCUT2D eigenvalue weighted by atomic mass is 15.1. The van der Waals surface area contributed by atoms with E-state index in [-0.39, 0.29) is 0 Å². The van der Waals surface area contributed by atoms with Gasteiger partial charge >= 0.3 is 0 Å². The summed E-state index contributed by atoms with van der Waals surface area (Å²) in [5, 5.41) is 0. The lowest BCUT2D eigenvalue weighted by Gasteiger charge is -2.28. The van der Waals surface area contributed by atoms with Gasteiger partial charge in [-0.1, -0.05) is 54.6 Å². The van der Waals surface area contributed by atoms with Crippen LogP contribution in [0.1, 0.15) is 11.1 Å². The molecule has 0 spiro atoms. The molecule has 0 saturated carbocycles. The molecule has 3 aromatic rings. The van der Waals surface area contributed by atoms with Crippen LogP contribution in [0.4, 0.5) is 17.1 Å². The Balaban J connectivity index is 2.22. The molecule has 0 atom stereocenters. The van der Waals surface area contributed by atoms with E-state index in [4.69, 9.17) is 0 Å². The minimum Gasteiger partial charge on any atom is -0.310 e. The number of para-hydroxylation sites is 3. The first-order chi connectivity index (χ1) is 10.3. The van der Waals surface area contributed by atoms with Gasteiger partial charge in [-0.2, -0.15) is 0 Å². The minimum absolute atomic E-state index is 1.18. The Morgan fingerprint density at radius 2 is 0.952 bits per heavy atom. The van der Waals surface area contributed by atoms with E-state index >= 15 is 0 Å². The predicted octanol–water partition coefficient (Wildman–Crippen LogP) is 5.77. The van der Waals surface area contributed by atoms with Crippen molar-refractivity contribution in [2.24, 2.45) is 0 Å². The molecule has 3 aromatic carbocycles. The maximum atomic E-state index is 2.32. The molecule has 0 unspecified atom stereocenters. The molecule has 0 heterocycles. The van der Waals surface area contributed by atoms with Crippen molar-refractivity contribution in [2.75, 3.05) is 4.90 Å². The molecule has 0 aliphatic heterocycles. The van der Waals surface area contributed by atoms with Crippen molar-refractivity contribution in [1.29, 1.82) is 0 Å². The molecule has 0 N–H and O–H groups in total. The van der Waals surface area contributed by atoms with Crippen LogP contribution in [-0.2, 0) is 0 Å². The molecule has 1 heteroatoms. The highest BCUT2D eigenvalue weighted by Crippen LogP contribution is 2.37. The average Bonchev–Trinajstić information content (AvgIpc) is 2.52. The lowest BCUT2D eigenvalue weighted by Crippen LogP contribution is -2.12. The molecule has 3 rings (SSSR count). The fourth-order valence-electron chi connectivity index (χ4n) is 2.61. The molecule has 0 aliphatic carbocycles. The monoisotopic (exact) mass is 273 g/mol. The van der Waals surface area contributed by atoms with Crippen molar-refractivity contribution >= 4 is 17.1 Å². The van der Waals surface area contributed by atoms with Gasteiger partial charge in [-0.05, 0) is 49.2 Å². The summed E-state index contributed by atoms with van der Waals surface area (Å²) in [5.41, 5.74) is 6.16. The van der Waals surface area contributed by atoms with Gasteiger partial charge in [0, 0.05) is 17.1 Å². The third-order valence-electron chi connectivity index (χ3n) is 3.73. The quantitative estimate of drug-likeness (QED) is 0.585. The summed E-state index contributed by atoms with van der Waals surface area (Å²) >= 11 is 0. The number of hydrogen-bond donors (Lipinski definition) is 0. The lowest BCUT2D eigenvalue weighted by molar-refractivity contribution is 1.23. The topological polar surface area (TPSA) is 3.24 Å². The van der Waals surface area contributed by atoms with Crippen molar-refractivity contribution in [2.45, 2.75) is 13.8 Å². The zero-order valence-corrected chi connectivity index (χ0v) is 12.5. The van der Waals surface area contributed by atoms with E-state index in [1.54, 1.807) is 0 Å². The maximum absolute atomic E-state index is 2.32. The van der Waals surface area contributed by atoms with Gasteiger partial charge in [-0.25, -0.2) is 0 Å². The minimum atomic E-state index is 1.18. The van der Waals surface area contributed by atoms with Crippen LogP contribution in [0.3, 0.4) is 0 Å². The van der Waals surface area contributed by atoms with Crippen molar-refractivity contribution in [3.8, 4) is 0 Å². The largest absolute Gasteiger partial charge is 0.310 e. The normalized spacial score (nSPS) is 10.4. The number of benzene rings is 3. The van der Waals surface area contributed by atoms with E-state index in [1.807, 2.05) is 0 Å². The van der Waals surface area contributed by atoms with Crippen molar-refractivity contribution in [3.05, 3.63) is 90.0 Å². The summed E-state index contributed by atoms with van der Waals surface area (Å²) in [6, 6.07) is 27.5. The SMILES string of the molecule is Cc1ccccc1N(c1ccccc1)c1ccccc1C. The molecule has 0 aromatic heterocycles. The molecule has 0 radical (unpaired) electrons. The summed E-state index contributed by atoms with van der Waals surface area (Å²) in [6.07, 6.45) is 0. The van der Waals surface area contributed by atoms with Crippen molar-refractivity contribution in [3.63, 3.8) is 0 Å². The molecule has 0 fully saturated rings. The van der Waals surface area contributed by atoms with E-state index in [1.165, 1.54) is 28.2 Å². The van der Waals surface area contributed by atoms with Gasteiger partial charge in [-0.3, -0.25) is 0 Å². The van der Waals surface area contributed by atoms with Gasteiger partial charge in [0.05, 0.1) is 0 Å². The zero-order valence-electron chi connectivity index (χ0n) is 12.5. The van der Waals surface area contributed by atoms with Crippen LogP contribution in [-0.4, -0.2) is 0 Å². The first-order valence-corrected chi connectivity index (χ1v) is 7.24. The van der Waals surface area contributed by atoms with Crippen LogP contribution in [0.15, 0.2) is 78.9 Å². The number of aryl methyl sites for hydroxylation is 2. The Hall–Kier alpha value is -2.54. The van der Waals surface area contributed by atoms with Crippen LogP contribution in [0.25, 0.3) is 0 Å². The van der Waals surface area contributed by atoms with Gasteiger partial charge in [0.25, 0.3) is 0 Å². The van der Waals surface area contributed by atoms with Crippen LogP contribution < -0.4 is 4.90 Å². The van der Waals surface area contributed by atoms with E-state index in [2.05, 4.69) is 97.6 Å². The molecule has 0 saturated heterocycles. The van der Waals surface area contributed by atoms with Crippen LogP contribution in [0.2, 0.25) is 0 Å². The van der Waals surface area contributed by atoms with Gasteiger partial charge in [0.15, 0.2) is 0 Å². The summed E-state index contributed by atoms with van der Waals surface area (Å²) < 4.78 is 0. The van der Waals surface area contributed by atoms with Crippen LogP contribution >= 0.6 is 0 Å². The summed E-state index contributed by atoms with van der Waals surface area (Å²) in [5.74, 6) is 0. The van der Waals surface area contributed by atoms with Crippen molar-refractivity contribution in [1.82, 2.24) is 0 Å². The van der Waals surface area contributed by atoms with E-state index in [0.29, 0.717) is 0 Å². The molecular formula is C20H19N. The molecule has 0 amide bonds. The van der Waals surface area contributed by atoms with Crippen molar-refractivity contribution < 1.29 is 0 Å². The second kappa shape index (κ2) is 5.84. The number of hydrogen-bond acceptors (Lipinski definition) is 1. The van der Waals surface area contributed by atoms with E-state index in [0.717, 1.165) is 0 Å². The highest BCUT2D eigenvalue weighted by molar-refractivity contribution is 5.79. The molecule has 1 nitrogen and oxygen atoms in total. The van der Waals surface area contributed by atoms with E-state index < -0.39 is 0 Å².